The predicted molar refractivity (Wildman–Crippen MR) is 71.0 cm³/mol. The fourth-order valence-corrected chi connectivity index (χ4v) is 1.99. The largest absolute Gasteiger partial charge is 0.477 e. The molecule has 1 N–H and O–H groups in total. The minimum atomic E-state index is -1.04. The van der Waals surface area contributed by atoms with Crippen LogP contribution in [0.1, 0.15) is 55.9 Å². The van der Waals surface area contributed by atoms with Gasteiger partial charge in [-0.25, -0.2) is 4.79 Å². The highest BCUT2D eigenvalue weighted by Crippen LogP contribution is 2.06. The lowest BCUT2D eigenvalue weighted by Gasteiger charge is -2.09. The number of carboxylic acids is 1. The number of carboxylic acid groups (broad SMARTS) is 1. The van der Waals surface area contributed by atoms with E-state index in [2.05, 4.69) is 6.92 Å². The van der Waals surface area contributed by atoms with Gasteiger partial charge in [-0.1, -0.05) is 45.1 Å². The number of carbonyl (C=O) groups is 1. The molecule has 0 atom stereocenters. The lowest BCUT2D eigenvalue weighted by atomic mass is 10.1. The highest BCUT2D eigenvalue weighted by atomic mass is 16.4. The zero-order valence-electron chi connectivity index (χ0n) is 10.9. The normalized spacial score (nSPS) is 10.5. The van der Waals surface area contributed by atoms with Crippen LogP contribution >= 0.6 is 0 Å². The van der Waals surface area contributed by atoms with Crippen LogP contribution in [-0.4, -0.2) is 15.6 Å². The summed E-state index contributed by atoms with van der Waals surface area (Å²) >= 11 is 0. The van der Waals surface area contributed by atoms with Crippen LogP contribution in [-0.2, 0) is 6.54 Å². The lowest BCUT2D eigenvalue weighted by Crippen LogP contribution is -2.25. The first-order valence-electron chi connectivity index (χ1n) is 6.60. The van der Waals surface area contributed by atoms with Crippen LogP contribution in [0, 0.1) is 0 Å². The molecule has 1 aromatic heterocycles. The van der Waals surface area contributed by atoms with Gasteiger partial charge in [-0.3, -0.25) is 4.79 Å². The van der Waals surface area contributed by atoms with Crippen LogP contribution in [0.4, 0.5) is 0 Å². The van der Waals surface area contributed by atoms with Crippen LogP contribution in [0.5, 0.6) is 0 Å². The van der Waals surface area contributed by atoms with E-state index in [0.29, 0.717) is 6.54 Å². The van der Waals surface area contributed by atoms with Crippen molar-refractivity contribution in [3.05, 3.63) is 34.2 Å². The number of hydrogen-bond acceptors (Lipinski definition) is 2. The molecule has 0 aliphatic heterocycles. The summed E-state index contributed by atoms with van der Waals surface area (Å²) in [5, 5.41) is 9.00. The average molecular weight is 251 g/mol. The highest BCUT2D eigenvalue weighted by Gasteiger charge is 2.09. The van der Waals surface area contributed by atoms with Crippen molar-refractivity contribution in [1.82, 2.24) is 4.57 Å². The van der Waals surface area contributed by atoms with E-state index >= 15 is 0 Å². The van der Waals surface area contributed by atoms with E-state index in [1.54, 1.807) is 0 Å². The van der Waals surface area contributed by atoms with E-state index in [9.17, 15) is 9.59 Å². The zero-order valence-corrected chi connectivity index (χ0v) is 10.9. The molecule has 0 aliphatic rings. The Bertz CT molecular complexity index is 437. The summed E-state index contributed by atoms with van der Waals surface area (Å²) in [6.07, 6.45) is 6.71. The molecule has 4 heteroatoms. The summed E-state index contributed by atoms with van der Waals surface area (Å²) in [6, 6.07) is 4.37. The van der Waals surface area contributed by atoms with E-state index in [0.717, 1.165) is 19.3 Å². The first-order valence-corrected chi connectivity index (χ1v) is 6.60. The Labute approximate surface area is 107 Å². The molecular formula is C14H21NO3. The summed E-state index contributed by atoms with van der Waals surface area (Å²) in [4.78, 5) is 22.6. The molecule has 18 heavy (non-hydrogen) atoms. The first-order chi connectivity index (χ1) is 8.66. The molecule has 0 unspecified atom stereocenters. The SMILES string of the molecule is CCCCCCCCn1c(C(=O)O)cccc1=O. The Balaban J connectivity index is 2.51. The van der Waals surface area contributed by atoms with Gasteiger partial charge in [0, 0.05) is 12.6 Å². The van der Waals surface area contributed by atoms with E-state index < -0.39 is 5.97 Å². The lowest BCUT2D eigenvalue weighted by molar-refractivity contribution is 0.0683. The number of aromatic carboxylic acids is 1. The molecular weight excluding hydrogens is 230 g/mol. The first kappa shape index (κ1) is 14.5. The van der Waals surface area contributed by atoms with Crippen molar-refractivity contribution in [3.63, 3.8) is 0 Å². The van der Waals surface area contributed by atoms with Gasteiger partial charge < -0.3 is 9.67 Å². The molecule has 0 bridgehead atoms. The van der Waals surface area contributed by atoms with E-state index in [1.165, 1.54) is 42.0 Å². The smallest absolute Gasteiger partial charge is 0.352 e. The molecule has 100 valence electrons. The van der Waals surface area contributed by atoms with Crippen molar-refractivity contribution >= 4 is 5.97 Å². The van der Waals surface area contributed by atoms with Crippen molar-refractivity contribution < 1.29 is 9.90 Å². The molecule has 1 aromatic rings. The number of nitrogens with zero attached hydrogens (tertiary/aromatic N) is 1. The third-order valence-electron chi connectivity index (χ3n) is 3.00. The Morgan fingerprint density at radius 1 is 1.17 bits per heavy atom. The minimum absolute atomic E-state index is 0.0797. The second-order valence-corrected chi connectivity index (χ2v) is 4.47. The highest BCUT2D eigenvalue weighted by molar-refractivity contribution is 5.85. The fraction of sp³-hybridized carbons (Fsp3) is 0.571. The van der Waals surface area contributed by atoms with Crippen molar-refractivity contribution in [2.24, 2.45) is 0 Å². The molecule has 0 saturated carbocycles. The molecule has 0 saturated heterocycles. The molecule has 1 rings (SSSR count). The summed E-state index contributed by atoms with van der Waals surface area (Å²) in [5.74, 6) is -1.04. The number of hydrogen-bond donors (Lipinski definition) is 1. The number of unbranched alkanes of at least 4 members (excludes halogenated alkanes) is 5. The molecule has 4 nitrogen and oxygen atoms in total. The maximum Gasteiger partial charge on any atom is 0.352 e. The molecule has 0 fully saturated rings. The Hall–Kier alpha value is -1.58. The number of pyridine rings is 1. The van der Waals surface area contributed by atoms with Gasteiger partial charge in [0.25, 0.3) is 5.56 Å². The van der Waals surface area contributed by atoms with Crippen LogP contribution in [0.2, 0.25) is 0 Å². The second-order valence-electron chi connectivity index (χ2n) is 4.47. The van der Waals surface area contributed by atoms with Crippen LogP contribution in [0.25, 0.3) is 0 Å². The maximum absolute atomic E-state index is 11.6. The summed E-state index contributed by atoms with van der Waals surface area (Å²) in [5.41, 5.74) is -0.153. The Morgan fingerprint density at radius 2 is 1.83 bits per heavy atom. The Morgan fingerprint density at radius 3 is 2.50 bits per heavy atom. The van der Waals surface area contributed by atoms with Gasteiger partial charge in [-0.05, 0) is 12.5 Å². The third-order valence-corrected chi connectivity index (χ3v) is 3.00. The molecule has 0 spiro atoms. The van der Waals surface area contributed by atoms with E-state index in [1.807, 2.05) is 0 Å². The van der Waals surface area contributed by atoms with Crippen LogP contribution in [0.3, 0.4) is 0 Å². The van der Waals surface area contributed by atoms with Gasteiger partial charge in [0.15, 0.2) is 0 Å². The van der Waals surface area contributed by atoms with Crippen molar-refractivity contribution in [1.29, 1.82) is 0 Å². The molecule has 0 aromatic carbocycles. The van der Waals surface area contributed by atoms with E-state index in [-0.39, 0.29) is 11.3 Å². The standard InChI is InChI=1S/C14H21NO3/c1-2-3-4-5-6-7-11-15-12(14(17)18)9-8-10-13(15)16/h8-10H,2-7,11H2,1H3,(H,17,18). The maximum atomic E-state index is 11.6. The number of rotatable bonds is 8. The van der Waals surface area contributed by atoms with Crippen molar-refractivity contribution in [3.8, 4) is 0 Å². The van der Waals surface area contributed by atoms with Gasteiger partial charge >= 0.3 is 5.97 Å². The summed E-state index contributed by atoms with van der Waals surface area (Å²) < 4.78 is 1.35. The zero-order chi connectivity index (χ0) is 13.4. The Kier molecular flexibility index (Phi) is 6.19. The minimum Gasteiger partial charge on any atom is -0.477 e. The monoisotopic (exact) mass is 251 g/mol. The quantitative estimate of drug-likeness (QED) is 0.723. The van der Waals surface area contributed by atoms with Crippen molar-refractivity contribution in [2.75, 3.05) is 0 Å². The van der Waals surface area contributed by atoms with Gasteiger partial charge in [-0.2, -0.15) is 0 Å². The number of aromatic nitrogens is 1. The molecule has 0 aliphatic carbocycles. The van der Waals surface area contributed by atoms with E-state index in [4.69, 9.17) is 5.11 Å². The fourth-order valence-electron chi connectivity index (χ4n) is 1.99. The summed E-state index contributed by atoms with van der Waals surface area (Å²) in [6.45, 7) is 2.66. The third kappa shape index (κ3) is 4.35. The second kappa shape index (κ2) is 7.69. The van der Waals surface area contributed by atoms with Gasteiger partial charge in [0.05, 0.1) is 0 Å². The predicted octanol–water partition coefficient (Wildman–Crippen LogP) is 2.91. The molecule has 1 heterocycles. The molecule has 0 amide bonds. The summed E-state index contributed by atoms with van der Waals surface area (Å²) in [7, 11) is 0. The van der Waals surface area contributed by atoms with Crippen LogP contribution in [0.15, 0.2) is 23.0 Å². The van der Waals surface area contributed by atoms with Crippen molar-refractivity contribution in [2.45, 2.75) is 52.0 Å². The van der Waals surface area contributed by atoms with Crippen LogP contribution < -0.4 is 5.56 Å². The van der Waals surface area contributed by atoms with Gasteiger partial charge in [0.1, 0.15) is 5.69 Å². The molecule has 0 radical (unpaired) electrons. The van der Waals surface area contributed by atoms with Gasteiger partial charge in [0.2, 0.25) is 0 Å². The topological polar surface area (TPSA) is 59.3 Å². The van der Waals surface area contributed by atoms with Gasteiger partial charge in [-0.15, -0.1) is 0 Å². The average Bonchev–Trinajstić information content (AvgIpc) is 2.34.